The first-order chi connectivity index (χ1) is 9.53. The van der Waals surface area contributed by atoms with Crippen LogP contribution in [0.5, 0.6) is 11.5 Å². The van der Waals surface area contributed by atoms with Gasteiger partial charge in [0.2, 0.25) is 5.91 Å². The average molecular weight is 295 g/mol. The van der Waals surface area contributed by atoms with E-state index in [1.165, 1.54) is 18.7 Å². The van der Waals surface area contributed by atoms with Gasteiger partial charge < -0.3 is 14.4 Å². The van der Waals surface area contributed by atoms with Gasteiger partial charge in [-0.1, -0.05) is 11.8 Å². The Morgan fingerprint density at radius 2 is 1.85 bits per heavy atom. The molecule has 0 radical (unpaired) electrons. The zero-order valence-corrected chi connectivity index (χ0v) is 12.5. The van der Waals surface area contributed by atoms with E-state index in [2.05, 4.69) is 0 Å². The fraction of sp³-hybridized carbons (Fsp3) is 0.429. The molecule has 20 heavy (non-hydrogen) atoms. The van der Waals surface area contributed by atoms with Gasteiger partial charge in [-0.15, -0.1) is 0 Å². The monoisotopic (exact) mass is 295 g/mol. The van der Waals surface area contributed by atoms with E-state index in [9.17, 15) is 9.59 Å². The quantitative estimate of drug-likeness (QED) is 0.851. The Morgan fingerprint density at radius 1 is 1.25 bits per heavy atom. The molecule has 0 spiro atoms. The summed E-state index contributed by atoms with van der Waals surface area (Å²) >= 11 is 1.22. The first-order valence-corrected chi connectivity index (χ1v) is 7.12. The zero-order chi connectivity index (χ0) is 14.7. The van der Waals surface area contributed by atoms with Crippen molar-refractivity contribution in [3.63, 3.8) is 0 Å². The Labute approximate surface area is 122 Å². The second kappa shape index (κ2) is 6.17. The largest absolute Gasteiger partial charge is 0.497 e. The van der Waals surface area contributed by atoms with Crippen molar-refractivity contribution in [2.75, 3.05) is 25.7 Å². The minimum atomic E-state index is 0.0113. The molecule has 0 N–H and O–H groups in total. The minimum Gasteiger partial charge on any atom is -0.497 e. The van der Waals surface area contributed by atoms with Crippen molar-refractivity contribution in [1.82, 2.24) is 0 Å². The molecule has 6 heteroatoms. The van der Waals surface area contributed by atoms with E-state index in [1.807, 2.05) is 0 Å². The lowest BCUT2D eigenvalue weighted by atomic mass is 10.2. The number of hydrogen-bond acceptors (Lipinski definition) is 5. The maximum Gasteiger partial charge on any atom is 0.228 e. The normalized spacial score (nSPS) is 18.2. The van der Waals surface area contributed by atoms with Crippen LogP contribution in [0, 0.1) is 0 Å². The number of hydrogen-bond donors (Lipinski definition) is 0. The lowest BCUT2D eigenvalue weighted by molar-refractivity contribution is -0.117. The molecule has 1 fully saturated rings. The van der Waals surface area contributed by atoms with Gasteiger partial charge in [0.05, 0.1) is 19.9 Å². The summed E-state index contributed by atoms with van der Waals surface area (Å²) in [4.78, 5) is 24.9. The second-order valence-corrected chi connectivity index (χ2v) is 5.99. The predicted molar refractivity (Wildman–Crippen MR) is 78.6 cm³/mol. The fourth-order valence-corrected chi connectivity index (χ4v) is 3.11. The van der Waals surface area contributed by atoms with Gasteiger partial charge in [0.1, 0.15) is 11.5 Å². The summed E-state index contributed by atoms with van der Waals surface area (Å²) in [6.07, 6.45) is 0.379. The molecular formula is C14H17NO4S. The molecule has 5 nitrogen and oxygen atoms in total. The van der Waals surface area contributed by atoms with E-state index >= 15 is 0 Å². The van der Waals surface area contributed by atoms with E-state index in [4.69, 9.17) is 9.47 Å². The van der Waals surface area contributed by atoms with Crippen LogP contribution in [0.15, 0.2) is 18.2 Å². The number of methoxy groups -OCH3 is 2. The van der Waals surface area contributed by atoms with Crippen LogP contribution in [-0.2, 0) is 9.59 Å². The van der Waals surface area contributed by atoms with Crippen LogP contribution >= 0.6 is 11.8 Å². The molecule has 1 unspecified atom stereocenters. The van der Waals surface area contributed by atoms with Gasteiger partial charge in [-0.25, -0.2) is 0 Å². The third-order valence-electron chi connectivity index (χ3n) is 3.07. The standard InChI is InChI=1S/C14H17NO4S/c1-9(16)20-13-7-14(17)15(8-13)10-4-11(18-2)6-12(5-10)19-3/h4-6,13H,7-8H2,1-3H3. The van der Waals surface area contributed by atoms with Crippen LogP contribution in [0.4, 0.5) is 5.69 Å². The first kappa shape index (κ1) is 14.7. The SMILES string of the molecule is COc1cc(OC)cc(N2CC(SC(C)=O)CC2=O)c1. The van der Waals surface area contributed by atoms with Crippen molar-refractivity contribution < 1.29 is 19.1 Å². The molecule has 1 aromatic carbocycles. The number of anilines is 1. The Bertz CT molecular complexity index is 510. The third-order valence-corrected chi connectivity index (χ3v) is 4.05. The van der Waals surface area contributed by atoms with Crippen LogP contribution in [0.3, 0.4) is 0 Å². The van der Waals surface area contributed by atoms with Gasteiger partial charge in [0.15, 0.2) is 5.12 Å². The highest BCUT2D eigenvalue weighted by Gasteiger charge is 2.32. The van der Waals surface area contributed by atoms with Crippen LogP contribution in [0.25, 0.3) is 0 Å². The summed E-state index contributed by atoms with van der Waals surface area (Å²) in [6.45, 7) is 2.05. The van der Waals surface area contributed by atoms with Gasteiger partial charge >= 0.3 is 0 Å². The molecule has 0 aliphatic carbocycles. The molecule has 2 rings (SSSR count). The molecule has 1 amide bonds. The molecule has 1 atom stereocenters. The van der Waals surface area contributed by atoms with E-state index in [1.54, 1.807) is 37.3 Å². The van der Waals surface area contributed by atoms with Gasteiger partial charge in [-0.3, -0.25) is 9.59 Å². The van der Waals surface area contributed by atoms with Gasteiger partial charge in [-0.05, 0) is 0 Å². The number of benzene rings is 1. The van der Waals surface area contributed by atoms with E-state index in [0.29, 0.717) is 24.5 Å². The summed E-state index contributed by atoms with van der Waals surface area (Å²) in [5.41, 5.74) is 0.734. The Kier molecular flexibility index (Phi) is 4.54. The molecule has 0 saturated carbocycles. The highest BCUT2D eigenvalue weighted by molar-refractivity contribution is 8.14. The van der Waals surface area contributed by atoms with Crippen molar-refractivity contribution >= 4 is 28.5 Å². The highest BCUT2D eigenvalue weighted by atomic mass is 32.2. The molecule has 0 aromatic heterocycles. The lowest BCUT2D eigenvalue weighted by Gasteiger charge is -2.18. The van der Waals surface area contributed by atoms with Crippen LogP contribution in [0.1, 0.15) is 13.3 Å². The molecule has 1 aliphatic heterocycles. The smallest absolute Gasteiger partial charge is 0.228 e. The third kappa shape index (κ3) is 3.25. The maximum absolute atomic E-state index is 12.1. The van der Waals surface area contributed by atoms with E-state index < -0.39 is 0 Å². The summed E-state index contributed by atoms with van der Waals surface area (Å²) in [7, 11) is 3.14. The molecule has 1 aliphatic rings. The Morgan fingerprint density at radius 3 is 2.35 bits per heavy atom. The molecule has 108 valence electrons. The average Bonchev–Trinajstić information content (AvgIpc) is 2.78. The number of amides is 1. The van der Waals surface area contributed by atoms with E-state index in [0.717, 1.165) is 5.69 Å². The number of rotatable bonds is 4. The highest BCUT2D eigenvalue weighted by Crippen LogP contribution is 2.33. The summed E-state index contributed by atoms with van der Waals surface area (Å²) < 4.78 is 10.4. The van der Waals surface area contributed by atoms with Crippen LogP contribution in [0.2, 0.25) is 0 Å². The Hall–Kier alpha value is -1.69. The van der Waals surface area contributed by atoms with E-state index in [-0.39, 0.29) is 16.3 Å². The first-order valence-electron chi connectivity index (χ1n) is 6.24. The molecular weight excluding hydrogens is 278 g/mol. The van der Waals surface area contributed by atoms with Crippen molar-refractivity contribution in [2.45, 2.75) is 18.6 Å². The minimum absolute atomic E-state index is 0.0113. The van der Waals surface area contributed by atoms with Crippen LogP contribution in [-0.4, -0.2) is 37.0 Å². The molecule has 1 saturated heterocycles. The number of ether oxygens (including phenoxy) is 2. The molecule has 1 aromatic rings. The van der Waals surface area contributed by atoms with Gasteiger partial charge in [0.25, 0.3) is 0 Å². The predicted octanol–water partition coefficient (Wildman–Crippen LogP) is 2.09. The van der Waals surface area contributed by atoms with Gasteiger partial charge in [0, 0.05) is 43.3 Å². The number of carbonyl (C=O) groups excluding carboxylic acids is 2. The number of carbonyl (C=O) groups is 2. The number of thioether (sulfide) groups is 1. The summed E-state index contributed by atoms with van der Waals surface area (Å²) in [6, 6.07) is 5.34. The summed E-state index contributed by atoms with van der Waals surface area (Å²) in [5.74, 6) is 1.28. The van der Waals surface area contributed by atoms with Gasteiger partial charge in [-0.2, -0.15) is 0 Å². The van der Waals surface area contributed by atoms with Crippen molar-refractivity contribution in [3.8, 4) is 11.5 Å². The van der Waals surface area contributed by atoms with Crippen molar-refractivity contribution in [1.29, 1.82) is 0 Å². The van der Waals surface area contributed by atoms with Crippen molar-refractivity contribution in [2.24, 2.45) is 0 Å². The van der Waals surface area contributed by atoms with Crippen LogP contribution < -0.4 is 14.4 Å². The topological polar surface area (TPSA) is 55.8 Å². The second-order valence-electron chi connectivity index (χ2n) is 4.51. The maximum atomic E-state index is 12.1. The lowest BCUT2D eigenvalue weighted by Crippen LogP contribution is -2.25. The fourth-order valence-electron chi connectivity index (χ4n) is 2.19. The summed E-state index contributed by atoms with van der Waals surface area (Å²) in [5, 5.41) is 0.0464. The van der Waals surface area contributed by atoms with Crippen molar-refractivity contribution in [3.05, 3.63) is 18.2 Å². The molecule has 0 bridgehead atoms. The number of nitrogens with zero attached hydrogens (tertiary/aromatic N) is 1. The molecule has 1 heterocycles. The zero-order valence-electron chi connectivity index (χ0n) is 11.7. The Balaban J connectivity index is 2.23.